The number of hydrogen-bond donors (Lipinski definition) is 0. The molecule has 2 heteroatoms. The molecular formula is C18H15BrO. The van der Waals surface area contributed by atoms with Gasteiger partial charge in [0.25, 0.3) is 0 Å². The van der Waals surface area contributed by atoms with Crippen molar-refractivity contribution in [3.63, 3.8) is 0 Å². The van der Waals surface area contributed by atoms with Crippen molar-refractivity contribution in [1.29, 1.82) is 0 Å². The Morgan fingerprint density at radius 2 is 1.40 bits per heavy atom. The minimum absolute atomic E-state index is 0.132. The largest absolute Gasteiger partial charge is 0.294 e. The van der Waals surface area contributed by atoms with Crippen LogP contribution >= 0.6 is 15.9 Å². The highest BCUT2D eigenvalue weighted by Gasteiger charge is 2.38. The van der Waals surface area contributed by atoms with Gasteiger partial charge in [-0.05, 0) is 23.6 Å². The number of alkyl halides is 1. The zero-order valence-corrected chi connectivity index (χ0v) is 12.6. The molecule has 0 aromatic heterocycles. The van der Waals surface area contributed by atoms with Crippen molar-refractivity contribution in [3.8, 4) is 0 Å². The lowest BCUT2D eigenvalue weighted by atomic mass is 9.70. The topological polar surface area (TPSA) is 17.1 Å². The third-order valence-electron chi connectivity index (χ3n) is 3.92. The Morgan fingerprint density at radius 1 is 0.900 bits per heavy atom. The summed E-state index contributed by atoms with van der Waals surface area (Å²) in [5, 5.41) is 0. The van der Waals surface area contributed by atoms with E-state index in [1.807, 2.05) is 36.4 Å². The van der Waals surface area contributed by atoms with E-state index in [2.05, 4.69) is 46.3 Å². The number of allylic oxidation sites excluding steroid dienone is 2. The summed E-state index contributed by atoms with van der Waals surface area (Å²) in [5.74, 6) is 0.146. The summed E-state index contributed by atoms with van der Waals surface area (Å²) in [7, 11) is 0. The van der Waals surface area contributed by atoms with Crippen LogP contribution in [-0.2, 0) is 10.2 Å². The summed E-state index contributed by atoms with van der Waals surface area (Å²) in [6, 6.07) is 20.8. The van der Waals surface area contributed by atoms with Gasteiger partial charge in [-0.3, -0.25) is 4.79 Å². The molecule has 20 heavy (non-hydrogen) atoms. The normalized spacial score (nSPS) is 20.9. The number of halogens is 1. The first-order valence-electron chi connectivity index (χ1n) is 6.70. The molecule has 0 aliphatic heterocycles. The second kappa shape index (κ2) is 5.37. The lowest BCUT2D eigenvalue weighted by Crippen LogP contribution is -2.35. The maximum Gasteiger partial charge on any atom is 0.169 e. The van der Waals surface area contributed by atoms with Crippen LogP contribution < -0.4 is 0 Å². The van der Waals surface area contributed by atoms with Gasteiger partial charge in [-0.2, -0.15) is 0 Å². The molecule has 1 atom stereocenters. The van der Waals surface area contributed by atoms with Gasteiger partial charge >= 0.3 is 0 Å². The molecule has 1 aliphatic carbocycles. The van der Waals surface area contributed by atoms with Gasteiger partial charge in [-0.1, -0.05) is 82.7 Å². The number of hydrogen-bond acceptors (Lipinski definition) is 1. The number of benzene rings is 2. The van der Waals surface area contributed by atoms with Gasteiger partial charge in [-0.25, -0.2) is 0 Å². The van der Waals surface area contributed by atoms with Crippen molar-refractivity contribution in [3.05, 3.63) is 83.9 Å². The molecule has 3 rings (SSSR count). The second-order valence-electron chi connectivity index (χ2n) is 5.11. The molecule has 2 aromatic rings. The molecule has 0 fully saturated rings. The fourth-order valence-corrected chi connectivity index (χ4v) is 3.51. The Balaban J connectivity index is 2.19. The van der Waals surface area contributed by atoms with Crippen molar-refractivity contribution in [1.82, 2.24) is 0 Å². The van der Waals surface area contributed by atoms with Gasteiger partial charge < -0.3 is 0 Å². The summed E-state index contributed by atoms with van der Waals surface area (Å²) >= 11 is 3.52. The molecule has 0 saturated carbocycles. The Bertz CT molecular complexity index is 591. The monoisotopic (exact) mass is 327 g/mol. The summed E-state index contributed by atoms with van der Waals surface area (Å²) in [5.41, 5.74) is 2.21. The second-order valence-corrected chi connectivity index (χ2v) is 6.22. The van der Waals surface area contributed by atoms with Crippen LogP contribution in [0.1, 0.15) is 17.5 Å². The Labute approximate surface area is 127 Å². The van der Waals surface area contributed by atoms with Gasteiger partial charge in [0.2, 0.25) is 0 Å². The molecule has 0 spiro atoms. The summed E-state index contributed by atoms with van der Waals surface area (Å²) < 4.78 is 0. The van der Waals surface area contributed by atoms with Crippen LogP contribution in [0.3, 0.4) is 0 Å². The van der Waals surface area contributed by atoms with Crippen LogP contribution in [-0.4, -0.2) is 10.6 Å². The van der Waals surface area contributed by atoms with Gasteiger partial charge in [0, 0.05) is 5.41 Å². The smallest absolute Gasteiger partial charge is 0.169 e. The average Bonchev–Trinajstić information content (AvgIpc) is 2.52. The third kappa shape index (κ3) is 2.25. The summed E-state index contributed by atoms with van der Waals surface area (Å²) in [6.45, 7) is 0. The molecule has 0 heterocycles. The molecule has 0 N–H and O–H groups in total. The minimum Gasteiger partial charge on any atom is -0.294 e. The van der Waals surface area contributed by atoms with Gasteiger partial charge in [0.1, 0.15) is 0 Å². The van der Waals surface area contributed by atoms with Crippen LogP contribution in [0.5, 0.6) is 0 Å². The Hall–Kier alpha value is -1.67. The van der Waals surface area contributed by atoms with E-state index in [4.69, 9.17) is 0 Å². The van der Waals surface area contributed by atoms with Crippen molar-refractivity contribution in [2.75, 3.05) is 0 Å². The van der Waals surface area contributed by atoms with E-state index in [-0.39, 0.29) is 16.0 Å². The highest BCUT2D eigenvalue weighted by Crippen LogP contribution is 2.42. The minimum atomic E-state index is -0.232. The van der Waals surface area contributed by atoms with E-state index in [1.54, 1.807) is 6.08 Å². The first-order chi connectivity index (χ1) is 9.72. The highest BCUT2D eigenvalue weighted by atomic mass is 79.9. The Kier molecular flexibility index (Phi) is 3.58. The standard InChI is InChI=1S/C18H15BrO/c19-16-13-18(12-11-17(16)20,14-7-3-1-4-8-14)15-9-5-2-6-10-15/h1-12,16H,13H2/i17+1. The highest BCUT2D eigenvalue weighted by molar-refractivity contribution is 9.10. The van der Waals surface area contributed by atoms with Crippen LogP contribution in [0.4, 0.5) is 0 Å². The van der Waals surface area contributed by atoms with Crippen molar-refractivity contribution >= 4 is 21.7 Å². The SMILES string of the molecule is O=[13C]1C=CC(c2ccccc2)(c2ccccc2)CC1Br. The molecule has 1 nitrogen and oxygen atoms in total. The maximum atomic E-state index is 11.8. The molecule has 0 saturated heterocycles. The quantitative estimate of drug-likeness (QED) is 0.594. The van der Waals surface area contributed by atoms with E-state index in [1.165, 1.54) is 11.1 Å². The molecule has 1 aliphatic rings. The van der Waals surface area contributed by atoms with Crippen molar-refractivity contribution in [2.24, 2.45) is 0 Å². The fraction of sp³-hybridized carbons (Fsp3) is 0.167. The van der Waals surface area contributed by atoms with E-state index >= 15 is 0 Å². The van der Waals surface area contributed by atoms with E-state index in [9.17, 15) is 4.79 Å². The van der Waals surface area contributed by atoms with Crippen LogP contribution in [0.15, 0.2) is 72.8 Å². The lowest BCUT2D eigenvalue weighted by molar-refractivity contribution is -0.114. The predicted octanol–water partition coefficient (Wildman–Crippen LogP) is 4.27. The van der Waals surface area contributed by atoms with Crippen molar-refractivity contribution in [2.45, 2.75) is 16.7 Å². The molecular weight excluding hydrogens is 313 g/mol. The number of carbonyl (C=O) groups is 1. The molecule has 0 bridgehead atoms. The first-order valence-corrected chi connectivity index (χ1v) is 7.62. The maximum absolute atomic E-state index is 11.8. The third-order valence-corrected chi connectivity index (χ3v) is 4.69. The molecule has 0 radical (unpaired) electrons. The zero-order valence-electron chi connectivity index (χ0n) is 11.0. The van der Waals surface area contributed by atoms with Gasteiger partial charge in [0.15, 0.2) is 5.78 Å². The van der Waals surface area contributed by atoms with Gasteiger partial charge in [0.05, 0.1) is 4.83 Å². The van der Waals surface area contributed by atoms with E-state index in [0.717, 1.165) is 6.42 Å². The van der Waals surface area contributed by atoms with E-state index < -0.39 is 0 Å². The van der Waals surface area contributed by atoms with Crippen molar-refractivity contribution < 1.29 is 4.79 Å². The number of carbonyl (C=O) groups excluding carboxylic acids is 1. The molecule has 1 unspecified atom stereocenters. The first kappa shape index (κ1) is 13.3. The lowest BCUT2D eigenvalue weighted by Gasteiger charge is -2.36. The van der Waals surface area contributed by atoms with Crippen LogP contribution in [0, 0.1) is 0 Å². The number of rotatable bonds is 2. The van der Waals surface area contributed by atoms with E-state index in [0.29, 0.717) is 0 Å². The summed E-state index contributed by atoms with van der Waals surface area (Å²) in [4.78, 5) is 11.7. The number of ketones is 1. The zero-order chi connectivity index (χ0) is 14.0. The summed E-state index contributed by atoms with van der Waals surface area (Å²) in [6.07, 6.45) is 4.51. The Morgan fingerprint density at radius 3 is 1.85 bits per heavy atom. The molecule has 2 aromatic carbocycles. The van der Waals surface area contributed by atoms with Crippen LogP contribution in [0.2, 0.25) is 0 Å². The fourth-order valence-electron chi connectivity index (χ4n) is 2.85. The average molecular weight is 328 g/mol. The molecule has 0 amide bonds. The molecule has 100 valence electrons. The van der Waals surface area contributed by atoms with Crippen LogP contribution in [0.25, 0.3) is 0 Å². The van der Waals surface area contributed by atoms with Gasteiger partial charge in [-0.15, -0.1) is 0 Å². The predicted molar refractivity (Wildman–Crippen MR) is 85.1 cm³/mol.